The van der Waals surface area contributed by atoms with E-state index in [0.717, 1.165) is 15.7 Å². The SMILES string of the molecule is O=S(=O)(Nc1ccc(I)cc1)c1cc(CO)ccc1F. The summed E-state index contributed by atoms with van der Waals surface area (Å²) in [4.78, 5) is -0.484. The molecule has 0 aliphatic heterocycles. The molecule has 0 saturated heterocycles. The van der Waals surface area contributed by atoms with Crippen LogP contribution < -0.4 is 4.72 Å². The molecule has 0 aliphatic carbocycles. The molecule has 0 bridgehead atoms. The quantitative estimate of drug-likeness (QED) is 0.767. The monoisotopic (exact) mass is 407 g/mol. The van der Waals surface area contributed by atoms with E-state index in [1.807, 2.05) is 0 Å². The van der Waals surface area contributed by atoms with Gasteiger partial charge in [0.25, 0.3) is 10.0 Å². The Bertz CT molecular complexity index is 717. The number of benzene rings is 2. The van der Waals surface area contributed by atoms with E-state index < -0.39 is 20.7 Å². The van der Waals surface area contributed by atoms with Crippen LogP contribution in [0.3, 0.4) is 0 Å². The van der Waals surface area contributed by atoms with Gasteiger partial charge in [-0.2, -0.15) is 0 Å². The number of hydrogen-bond acceptors (Lipinski definition) is 3. The summed E-state index contributed by atoms with van der Waals surface area (Å²) in [5.74, 6) is -0.861. The third kappa shape index (κ3) is 3.47. The summed E-state index contributed by atoms with van der Waals surface area (Å²) in [6, 6.07) is 10.1. The van der Waals surface area contributed by atoms with E-state index in [-0.39, 0.29) is 6.61 Å². The van der Waals surface area contributed by atoms with Gasteiger partial charge in [0, 0.05) is 9.26 Å². The highest BCUT2D eigenvalue weighted by molar-refractivity contribution is 14.1. The van der Waals surface area contributed by atoms with E-state index in [2.05, 4.69) is 27.3 Å². The number of aliphatic hydroxyl groups excluding tert-OH is 1. The van der Waals surface area contributed by atoms with Crippen molar-refractivity contribution in [3.63, 3.8) is 0 Å². The molecule has 0 heterocycles. The first-order valence-electron chi connectivity index (χ1n) is 5.60. The van der Waals surface area contributed by atoms with Crippen LogP contribution in [-0.2, 0) is 16.6 Å². The van der Waals surface area contributed by atoms with Gasteiger partial charge in [-0.05, 0) is 64.6 Å². The second kappa shape index (κ2) is 6.06. The molecule has 0 saturated carbocycles. The Labute approximate surface area is 129 Å². The van der Waals surface area contributed by atoms with Gasteiger partial charge >= 0.3 is 0 Å². The topological polar surface area (TPSA) is 66.4 Å². The number of sulfonamides is 1. The van der Waals surface area contributed by atoms with Crippen LogP contribution in [0.5, 0.6) is 0 Å². The highest BCUT2D eigenvalue weighted by Crippen LogP contribution is 2.21. The molecule has 2 aromatic carbocycles. The smallest absolute Gasteiger partial charge is 0.264 e. The van der Waals surface area contributed by atoms with Gasteiger partial charge in [0.1, 0.15) is 10.7 Å². The van der Waals surface area contributed by atoms with Gasteiger partial charge in [-0.3, -0.25) is 4.72 Å². The molecule has 20 heavy (non-hydrogen) atoms. The summed E-state index contributed by atoms with van der Waals surface area (Å²) in [6.07, 6.45) is 0. The van der Waals surface area contributed by atoms with Gasteiger partial charge in [-0.1, -0.05) is 6.07 Å². The Morgan fingerprint density at radius 3 is 2.40 bits per heavy atom. The highest BCUT2D eigenvalue weighted by Gasteiger charge is 2.19. The molecule has 7 heteroatoms. The van der Waals surface area contributed by atoms with Gasteiger partial charge in [-0.25, -0.2) is 12.8 Å². The Morgan fingerprint density at radius 2 is 1.80 bits per heavy atom. The zero-order chi connectivity index (χ0) is 14.8. The van der Waals surface area contributed by atoms with Crippen molar-refractivity contribution in [1.82, 2.24) is 0 Å². The fourth-order valence-electron chi connectivity index (χ4n) is 1.58. The fourth-order valence-corrected chi connectivity index (χ4v) is 3.13. The van der Waals surface area contributed by atoms with Crippen LogP contribution in [0.25, 0.3) is 0 Å². The van der Waals surface area contributed by atoms with Crippen LogP contribution in [0.2, 0.25) is 0 Å². The second-order valence-electron chi connectivity index (χ2n) is 4.04. The van der Waals surface area contributed by atoms with Crippen molar-refractivity contribution in [2.24, 2.45) is 0 Å². The molecule has 2 N–H and O–H groups in total. The molecule has 0 atom stereocenters. The van der Waals surface area contributed by atoms with Crippen LogP contribution in [0.4, 0.5) is 10.1 Å². The van der Waals surface area contributed by atoms with Gasteiger partial charge in [0.2, 0.25) is 0 Å². The van der Waals surface area contributed by atoms with Crippen molar-refractivity contribution >= 4 is 38.3 Å². The summed E-state index contributed by atoms with van der Waals surface area (Å²) in [5, 5.41) is 9.00. The molecule has 0 unspecified atom stereocenters. The fraction of sp³-hybridized carbons (Fsp3) is 0.0769. The lowest BCUT2D eigenvalue weighted by Crippen LogP contribution is -2.15. The first-order valence-corrected chi connectivity index (χ1v) is 8.16. The number of aliphatic hydroxyl groups is 1. The van der Waals surface area contributed by atoms with Crippen molar-refractivity contribution in [1.29, 1.82) is 0 Å². The van der Waals surface area contributed by atoms with E-state index >= 15 is 0 Å². The molecule has 106 valence electrons. The molecule has 0 amide bonds. The summed E-state index contributed by atoms with van der Waals surface area (Å²) in [7, 11) is -4.03. The molecule has 2 rings (SSSR count). The van der Waals surface area contributed by atoms with Gasteiger partial charge < -0.3 is 5.11 Å². The summed E-state index contributed by atoms with van der Waals surface area (Å²) >= 11 is 2.09. The average molecular weight is 407 g/mol. The van der Waals surface area contributed by atoms with Crippen LogP contribution in [0, 0.1) is 9.39 Å². The van der Waals surface area contributed by atoms with Gasteiger partial charge in [-0.15, -0.1) is 0 Å². The lowest BCUT2D eigenvalue weighted by Gasteiger charge is -2.10. The minimum absolute atomic E-state index is 0.328. The maximum absolute atomic E-state index is 13.7. The molecule has 0 aliphatic rings. The highest BCUT2D eigenvalue weighted by atomic mass is 127. The Hall–Kier alpha value is -1.19. The lowest BCUT2D eigenvalue weighted by atomic mass is 10.2. The van der Waals surface area contributed by atoms with E-state index in [1.165, 1.54) is 6.07 Å². The number of hydrogen-bond donors (Lipinski definition) is 2. The van der Waals surface area contributed by atoms with Crippen molar-refractivity contribution in [2.45, 2.75) is 11.5 Å². The minimum atomic E-state index is -4.03. The normalized spacial score (nSPS) is 11.3. The average Bonchev–Trinajstić information content (AvgIpc) is 2.41. The van der Waals surface area contributed by atoms with E-state index in [4.69, 9.17) is 5.11 Å². The zero-order valence-electron chi connectivity index (χ0n) is 10.2. The molecule has 4 nitrogen and oxygen atoms in total. The minimum Gasteiger partial charge on any atom is -0.392 e. The van der Waals surface area contributed by atoms with Crippen molar-refractivity contribution < 1.29 is 17.9 Å². The summed E-state index contributed by atoms with van der Waals surface area (Å²) in [6.45, 7) is -0.355. The predicted octanol–water partition coefficient (Wildman–Crippen LogP) is 2.72. The largest absolute Gasteiger partial charge is 0.392 e. The first-order chi connectivity index (χ1) is 9.42. The third-order valence-electron chi connectivity index (χ3n) is 2.56. The van der Waals surface area contributed by atoms with Crippen molar-refractivity contribution in [3.8, 4) is 0 Å². The number of nitrogens with one attached hydrogen (secondary N) is 1. The van der Waals surface area contributed by atoms with E-state index in [1.54, 1.807) is 24.3 Å². The van der Waals surface area contributed by atoms with E-state index in [9.17, 15) is 12.8 Å². The first kappa shape index (κ1) is 15.2. The Kier molecular flexibility index (Phi) is 4.61. The Morgan fingerprint density at radius 1 is 1.15 bits per heavy atom. The molecule has 0 spiro atoms. The van der Waals surface area contributed by atoms with Crippen molar-refractivity contribution in [2.75, 3.05) is 4.72 Å². The van der Waals surface area contributed by atoms with Crippen LogP contribution >= 0.6 is 22.6 Å². The lowest BCUT2D eigenvalue weighted by molar-refractivity contribution is 0.281. The molecule has 0 aromatic heterocycles. The molecular formula is C13H11FINO3S. The van der Waals surface area contributed by atoms with Crippen LogP contribution in [-0.4, -0.2) is 13.5 Å². The number of halogens is 2. The molecule has 0 fully saturated rings. The van der Waals surface area contributed by atoms with Crippen LogP contribution in [0.15, 0.2) is 47.4 Å². The number of anilines is 1. The van der Waals surface area contributed by atoms with Crippen molar-refractivity contribution in [3.05, 3.63) is 57.4 Å². The van der Waals surface area contributed by atoms with Gasteiger partial charge in [0.05, 0.1) is 6.61 Å². The Balaban J connectivity index is 2.37. The van der Waals surface area contributed by atoms with Crippen LogP contribution in [0.1, 0.15) is 5.56 Å². The standard InChI is InChI=1S/C13H11FINO3S/c14-12-6-1-9(8-17)7-13(12)20(18,19)16-11-4-2-10(15)3-5-11/h1-7,16-17H,8H2. The summed E-state index contributed by atoms with van der Waals surface area (Å²) < 4.78 is 41.2. The summed E-state index contributed by atoms with van der Waals surface area (Å²) in [5.41, 5.74) is 0.675. The molecule has 0 radical (unpaired) electrons. The maximum Gasteiger partial charge on any atom is 0.264 e. The third-order valence-corrected chi connectivity index (χ3v) is 4.68. The zero-order valence-corrected chi connectivity index (χ0v) is 13.2. The molecule has 2 aromatic rings. The maximum atomic E-state index is 13.7. The molecular weight excluding hydrogens is 396 g/mol. The second-order valence-corrected chi connectivity index (χ2v) is 6.93. The van der Waals surface area contributed by atoms with Gasteiger partial charge in [0.15, 0.2) is 0 Å². The van der Waals surface area contributed by atoms with E-state index in [0.29, 0.717) is 11.3 Å². The predicted molar refractivity (Wildman–Crippen MR) is 82.3 cm³/mol. The number of rotatable bonds is 4.